The maximum Gasteiger partial charge on any atom is 0.412 e. The number of sulfonamides is 1. The highest BCUT2D eigenvalue weighted by atomic mass is 32.2. The molecule has 2 aliphatic rings. The van der Waals surface area contributed by atoms with Crippen LogP contribution in [-0.2, 0) is 19.6 Å². The molecule has 9 nitrogen and oxygen atoms in total. The van der Waals surface area contributed by atoms with Gasteiger partial charge in [0.1, 0.15) is 23.3 Å². The number of carbonyl (C=O) groups excluding carboxylic acids is 2. The fourth-order valence-electron chi connectivity index (χ4n) is 3.86. The van der Waals surface area contributed by atoms with Crippen LogP contribution >= 0.6 is 0 Å². The summed E-state index contributed by atoms with van der Waals surface area (Å²) < 4.78 is 52.8. The van der Waals surface area contributed by atoms with Gasteiger partial charge in [-0.1, -0.05) is 0 Å². The normalized spacial score (nSPS) is 18.7. The van der Waals surface area contributed by atoms with Gasteiger partial charge >= 0.3 is 6.09 Å². The molecule has 4 rings (SSSR count). The SMILES string of the molecule is CC(=O)NC[C@H]1CN(S(=O)(=O)c2ccc(F)cc2)c2cc(NC(=O)OC3(C)CCC3)ccc2O1. The fraction of sp³-hybridized carbons (Fsp3) is 0.391. The Balaban J connectivity index is 1.64. The van der Waals surface area contributed by atoms with E-state index in [-0.39, 0.29) is 35.3 Å². The number of hydrogen-bond donors (Lipinski definition) is 2. The zero-order valence-corrected chi connectivity index (χ0v) is 19.7. The summed E-state index contributed by atoms with van der Waals surface area (Å²) in [6.07, 6.45) is 1.29. The van der Waals surface area contributed by atoms with Crippen molar-refractivity contribution in [3.63, 3.8) is 0 Å². The van der Waals surface area contributed by atoms with Crippen LogP contribution in [0.5, 0.6) is 5.75 Å². The highest BCUT2D eigenvalue weighted by Gasteiger charge is 2.37. The zero-order valence-electron chi connectivity index (χ0n) is 18.8. The topological polar surface area (TPSA) is 114 Å². The number of ether oxygens (including phenoxy) is 2. The van der Waals surface area contributed by atoms with Gasteiger partial charge in [-0.3, -0.25) is 14.4 Å². The van der Waals surface area contributed by atoms with E-state index >= 15 is 0 Å². The van der Waals surface area contributed by atoms with Crippen molar-refractivity contribution in [1.82, 2.24) is 5.32 Å². The molecule has 1 atom stereocenters. The van der Waals surface area contributed by atoms with Crippen molar-refractivity contribution in [2.45, 2.75) is 49.7 Å². The summed E-state index contributed by atoms with van der Waals surface area (Å²) >= 11 is 0. The molecule has 0 radical (unpaired) electrons. The highest BCUT2D eigenvalue weighted by Crippen LogP contribution is 2.39. The van der Waals surface area contributed by atoms with Gasteiger partial charge in [0, 0.05) is 12.6 Å². The largest absolute Gasteiger partial charge is 0.484 e. The molecule has 1 heterocycles. The van der Waals surface area contributed by atoms with Crippen LogP contribution in [-0.4, -0.2) is 45.2 Å². The Morgan fingerprint density at radius 2 is 1.91 bits per heavy atom. The summed E-state index contributed by atoms with van der Waals surface area (Å²) in [7, 11) is -4.10. The van der Waals surface area contributed by atoms with E-state index < -0.39 is 33.6 Å². The molecule has 0 saturated heterocycles. The minimum atomic E-state index is -4.10. The van der Waals surface area contributed by atoms with Gasteiger partial charge in [0.25, 0.3) is 10.0 Å². The molecular formula is C23H26FN3O6S. The predicted octanol–water partition coefficient (Wildman–Crippen LogP) is 3.41. The average molecular weight is 492 g/mol. The molecule has 0 spiro atoms. The zero-order chi connectivity index (χ0) is 24.5. The molecule has 1 aliphatic heterocycles. The molecule has 34 heavy (non-hydrogen) atoms. The first-order valence-electron chi connectivity index (χ1n) is 10.9. The van der Waals surface area contributed by atoms with Crippen LogP contribution in [0.2, 0.25) is 0 Å². The first-order chi connectivity index (χ1) is 16.1. The van der Waals surface area contributed by atoms with Gasteiger partial charge in [0.2, 0.25) is 5.91 Å². The lowest BCUT2D eigenvalue weighted by molar-refractivity contribution is -0.119. The van der Waals surface area contributed by atoms with E-state index in [2.05, 4.69) is 10.6 Å². The maximum absolute atomic E-state index is 13.5. The fourth-order valence-corrected chi connectivity index (χ4v) is 5.36. The van der Waals surface area contributed by atoms with Gasteiger partial charge in [-0.25, -0.2) is 17.6 Å². The second-order valence-corrected chi connectivity index (χ2v) is 10.5. The van der Waals surface area contributed by atoms with Crippen molar-refractivity contribution in [2.75, 3.05) is 22.7 Å². The lowest BCUT2D eigenvalue weighted by Crippen LogP contribution is -2.48. The van der Waals surface area contributed by atoms with Gasteiger partial charge in [0.05, 0.1) is 23.7 Å². The van der Waals surface area contributed by atoms with Crippen molar-refractivity contribution in [2.24, 2.45) is 0 Å². The molecule has 2 aromatic carbocycles. The molecule has 182 valence electrons. The Kier molecular flexibility index (Phi) is 6.39. The summed E-state index contributed by atoms with van der Waals surface area (Å²) in [6, 6.07) is 9.10. The number of nitrogens with one attached hydrogen (secondary N) is 2. The first kappa shape index (κ1) is 23.8. The van der Waals surface area contributed by atoms with Crippen molar-refractivity contribution < 1.29 is 31.9 Å². The Hall–Kier alpha value is -3.34. The number of fused-ring (bicyclic) bond motifs is 1. The number of halogens is 1. The molecule has 2 amide bonds. The van der Waals surface area contributed by atoms with E-state index in [1.54, 1.807) is 12.1 Å². The number of rotatable bonds is 6. The van der Waals surface area contributed by atoms with E-state index in [1.165, 1.54) is 25.1 Å². The quantitative estimate of drug-likeness (QED) is 0.640. The Morgan fingerprint density at radius 3 is 2.53 bits per heavy atom. The van der Waals surface area contributed by atoms with Crippen molar-refractivity contribution in [3.8, 4) is 5.75 Å². The maximum atomic E-state index is 13.5. The van der Waals surface area contributed by atoms with Gasteiger partial charge in [-0.15, -0.1) is 0 Å². The minimum absolute atomic E-state index is 0.0924. The van der Waals surface area contributed by atoms with Crippen molar-refractivity contribution in [3.05, 3.63) is 48.3 Å². The van der Waals surface area contributed by atoms with Crippen molar-refractivity contribution in [1.29, 1.82) is 0 Å². The van der Waals surface area contributed by atoms with Crippen LogP contribution in [0.25, 0.3) is 0 Å². The van der Waals surface area contributed by atoms with E-state index in [9.17, 15) is 22.4 Å². The van der Waals surface area contributed by atoms with E-state index in [4.69, 9.17) is 9.47 Å². The minimum Gasteiger partial charge on any atom is -0.484 e. The van der Waals surface area contributed by atoms with Crippen LogP contribution in [0.4, 0.5) is 20.6 Å². The smallest absolute Gasteiger partial charge is 0.412 e. The number of nitrogens with zero attached hydrogens (tertiary/aromatic N) is 1. The van der Waals surface area contributed by atoms with Gasteiger partial charge in [-0.2, -0.15) is 0 Å². The molecule has 0 aromatic heterocycles. The van der Waals surface area contributed by atoms with Crippen LogP contribution in [0.1, 0.15) is 33.1 Å². The van der Waals surface area contributed by atoms with Gasteiger partial charge < -0.3 is 14.8 Å². The van der Waals surface area contributed by atoms with Gasteiger partial charge in [-0.05, 0) is 68.7 Å². The molecule has 2 N–H and O–H groups in total. The van der Waals surface area contributed by atoms with E-state index in [0.717, 1.165) is 35.7 Å². The van der Waals surface area contributed by atoms with Crippen LogP contribution in [0.3, 0.4) is 0 Å². The number of benzene rings is 2. The van der Waals surface area contributed by atoms with Gasteiger partial charge in [0.15, 0.2) is 0 Å². The lowest BCUT2D eigenvalue weighted by Gasteiger charge is -2.37. The summed E-state index contributed by atoms with van der Waals surface area (Å²) in [5, 5.41) is 5.27. The first-order valence-corrected chi connectivity index (χ1v) is 12.3. The Bertz CT molecular complexity index is 1200. The lowest BCUT2D eigenvalue weighted by atomic mass is 9.82. The third-order valence-corrected chi connectivity index (χ3v) is 7.66. The summed E-state index contributed by atoms with van der Waals surface area (Å²) in [5.74, 6) is -0.576. The highest BCUT2D eigenvalue weighted by molar-refractivity contribution is 7.92. The number of hydrogen-bond acceptors (Lipinski definition) is 6. The number of carbonyl (C=O) groups is 2. The van der Waals surface area contributed by atoms with Crippen LogP contribution < -0.4 is 19.7 Å². The molecule has 0 unspecified atom stereocenters. The number of anilines is 2. The Morgan fingerprint density at radius 1 is 1.21 bits per heavy atom. The monoisotopic (exact) mass is 491 g/mol. The van der Waals surface area contributed by atoms with Crippen molar-refractivity contribution >= 4 is 33.4 Å². The Labute approximate surface area is 197 Å². The van der Waals surface area contributed by atoms with Crippen LogP contribution in [0.15, 0.2) is 47.4 Å². The molecule has 2 aromatic rings. The summed E-state index contributed by atoms with van der Waals surface area (Å²) in [6.45, 7) is 3.21. The molecule has 0 bridgehead atoms. The number of amides is 2. The third-order valence-electron chi connectivity index (χ3n) is 5.87. The second-order valence-electron chi connectivity index (χ2n) is 8.67. The third kappa shape index (κ3) is 5.09. The molecule has 1 saturated carbocycles. The van der Waals surface area contributed by atoms with E-state index in [1.807, 2.05) is 6.92 Å². The predicted molar refractivity (Wildman–Crippen MR) is 123 cm³/mol. The summed E-state index contributed by atoms with van der Waals surface area (Å²) in [5.41, 5.74) is 0.0435. The molecule has 1 aliphatic carbocycles. The molecule has 11 heteroatoms. The molecule has 1 fully saturated rings. The summed E-state index contributed by atoms with van der Waals surface area (Å²) in [4.78, 5) is 23.6. The second kappa shape index (κ2) is 9.13. The standard InChI is InChI=1S/C23H26FN3O6S/c1-15(28)25-13-18-14-27(34(30,31)19-7-4-16(24)5-8-19)20-12-17(6-9-21(20)32-18)26-22(29)33-23(2)10-3-11-23/h4-9,12,18H,3,10-11,13-14H2,1-2H3,(H,25,28)(H,26,29)/t18-/m0/s1. The molecular weight excluding hydrogens is 465 g/mol. The van der Waals surface area contributed by atoms with Crippen LogP contribution in [0, 0.1) is 5.82 Å². The van der Waals surface area contributed by atoms with E-state index in [0.29, 0.717) is 5.69 Å². The average Bonchev–Trinajstić information content (AvgIpc) is 2.76.